The number of halogens is 1. The number of benzene rings is 1. The quantitative estimate of drug-likeness (QED) is 0.761. The average molecular weight is 368 g/mol. The molecule has 1 amide bonds. The Hall–Kier alpha value is -2.70. The summed E-state index contributed by atoms with van der Waals surface area (Å²) in [6.45, 7) is 3.06. The minimum absolute atomic E-state index is 0.133. The zero-order valence-electron chi connectivity index (χ0n) is 15.2. The highest BCUT2D eigenvalue weighted by Gasteiger charge is 2.32. The lowest BCUT2D eigenvalue weighted by Gasteiger charge is -2.31. The van der Waals surface area contributed by atoms with Gasteiger partial charge in [-0.15, -0.1) is 0 Å². The van der Waals surface area contributed by atoms with Crippen LogP contribution in [0.5, 0.6) is 0 Å². The Morgan fingerprint density at radius 1 is 1.30 bits per heavy atom. The number of nitrogens with one attached hydrogen (secondary N) is 1. The third-order valence-electron chi connectivity index (χ3n) is 5.65. The number of amides is 1. The molecule has 27 heavy (non-hydrogen) atoms. The molecule has 1 saturated heterocycles. The summed E-state index contributed by atoms with van der Waals surface area (Å²) >= 11 is 0. The van der Waals surface area contributed by atoms with E-state index in [4.69, 9.17) is 4.42 Å². The summed E-state index contributed by atoms with van der Waals surface area (Å²) in [4.78, 5) is 19.5. The largest absolute Gasteiger partial charge is 0.451 e. The molecule has 2 aromatic heterocycles. The second kappa shape index (κ2) is 6.18. The predicted molar refractivity (Wildman–Crippen MR) is 97.1 cm³/mol. The van der Waals surface area contributed by atoms with Gasteiger partial charge in [-0.1, -0.05) is 0 Å². The van der Waals surface area contributed by atoms with Gasteiger partial charge in [0.15, 0.2) is 11.6 Å². The van der Waals surface area contributed by atoms with Crippen LogP contribution in [-0.2, 0) is 0 Å². The normalized spacial score (nSPS) is 20.4. The lowest BCUT2D eigenvalue weighted by Crippen LogP contribution is -2.39. The maximum atomic E-state index is 13.5. The van der Waals surface area contributed by atoms with Crippen LogP contribution in [0.2, 0.25) is 0 Å². The van der Waals surface area contributed by atoms with Gasteiger partial charge in [-0.05, 0) is 50.8 Å². The monoisotopic (exact) mass is 368 g/mol. The molecule has 3 aromatic rings. The highest BCUT2D eigenvalue weighted by Crippen LogP contribution is 2.38. The van der Waals surface area contributed by atoms with Gasteiger partial charge in [0.1, 0.15) is 17.2 Å². The smallest absolute Gasteiger partial charge is 0.289 e. The molecule has 1 saturated carbocycles. The molecule has 1 unspecified atom stereocenters. The van der Waals surface area contributed by atoms with Crippen molar-refractivity contribution in [2.24, 2.45) is 0 Å². The van der Waals surface area contributed by atoms with Crippen molar-refractivity contribution in [3.05, 3.63) is 47.0 Å². The van der Waals surface area contributed by atoms with Crippen molar-refractivity contribution in [1.82, 2.24) is 20.1 Å². The second-order valence-corrected chi connectivity index (χ2v) is 7.64. The van der Waals surface area contributed by atoms with Gasteiger partial charge in [0.25, 0.3) is 5.91 Å². The van der Waals surface area contributed by atoms with Crippen LogP contribution in [0.1, 0.15) is 65.3 Å². The molecule has 0 spiro atoms. The maximum Gasteiger partial charge on any atom is 0.289 e. The number of rotatable bonds is 3. The van der Waals surface area contributed by atoms with Crippen LogP contribution in [0.15, 0.2) is 22.6 Å². The van der Waals surface area contributed by atoms with E-state index in [1.807, 2.05) is 4.90 Å². The number of likely N-dealkylation sites (tertiary alicyclic amines) is 1. The molecule has 1 aliphatic carbocycles. The molecular formula is C20H21FN4O2. The zero-order valence-corrected chi connectivity index (χ0v) is 15.2. The summed E-state index contributed by atoms with van der Waals surface area (Å²) < 4.78 is 19.3. The number of nitrogens with zero attached hydrogens (tertiary/aromatic N) is 3. The van der Waals surface area contributed by atoms with Gasteiger partial charge in [0, 0.05) is 35.9 Å². The lowest BCUT2D eigenvalue weighted by molar-refractivity contribution is 0.0674. The number of hydrogen-bond donors (Lipinski definition) is 1. The van der Waals surface area contributed by atoms with E-state index in [1.54, 1.807) is 13.0 Å². The lowest BCUT2D eigenvalue weighted by atomic mass is 9.97. The predicted octanol–water partition coefficient (Wildman–Crippen LogP) is 3.90. The van der Waals surface area contributed by atoms with Gasteiger partial charge >= 0.3 is 0 Å². The minimum Gasteiger partial charge on any atom is -0.451 e. The van der Waals surface area contributed by atoms with Crippen LogP contribution in [0.3, 0.4) is 0 Å². The number of aromatic nitrogens is 3. The summed E-state index contributed by atoms with van der Waals surface area (Å²) in [5.74, 6) is 2.26. The standard InChI is InChI=1S/C20H21FN4O2/c1-11-15-9-14(21)6-7-16(15)27-17(11)20(26)25-8-2-3-13(10-25)19-22-18(23-24-19)12-4-5-12/h6-7,9,12-13H,2-5,8,10H2,1H3,(H,22,23,24). The summed E-state index contributed by atoms with van der Waals surface area (Å²) in [5.41, 5.74) is 1.22. The number of furan rings is 1. The van der Waals surface area contributed by atoms with Gasteiger partial charge in [-0.25, -0.2) is 9.37 Å². The zero-order chi connectivity index (χ0) is 18.5. The molecule has 1 aliphatic heterocycles. The Kier molecular flexibility index (Phi) is 3.77. The molecule has 140 valence electrons. The number of carbonyl (C=O) groups excluding carboxylic acids is 1. The molecule has 2 aliphatic rings. The van der Waals surface area contributed by atoms with Crippen LogP contribution in [0, 0.1) is 12.7 Å². The first-order chi connectivity index (χ1) is 13.1. The number of aryl methyl sites for hydroxylation is 1. The number of piperidine rings is 1. The topological polar surface area (TPSA) is 75.0 Å². The average Bonchev–Trinajstić information content (AvgIpc) is 3.33. The van der Waals surface area contributed by atoms with Crippen molar-refractivity contribution >= 4 is 16.9 Å². The molecule has 3 heterocycles. The number of aromatic amines is 1. The third kappa shape index (κ3) is 2.91. The molecule has 0 radical (unpaired) electrons. The first-order valence-electron chi connectivity index (χ1n) is 9.50. The minimum atomic E-state index is -0.334. The highest BCUT2D eigenvalue weighted by molar-refractivity contribution is 5.99. The van der Waals surface area contributed by atoms with E-state index in [9.17, 15) is 9.18 Å². The van der Waals surface area contributed by atoms with Crippen molar-refractivity contribution in [2.45, 2.75) is 44.4 Å². The van der Waals surface area contributed by atoms with Crippen molar-refractivity contribution in [2.75, 3.05) is 13.1 Å². The van der Waals surface area contributed by atoms with Crippen molar-refractivity contribution < 1.29 is 13.6 Å². The fraction of sp³-hybridized carbons (Fsp3) is 0.450. The van der Waals surface area contributed by atoms with Crippen LogP contribution < -0.4 is 0 Å². The SMILES string of the molecule is Cc1c(C(=O)N2CCCC(c3n[nH]c(C4CC4)n3)C2)oc2ccc(F)cc12. The van der Waals surface area contributed by atoms with E-state index in [-0.39, 0.29) is 17.6 Å². The van der Waals surface area contributed by atoms with E-state index in [0.29, 0.717) is 41.3 Å². The summed E-state index contributed by atoms with van der Waals surface area (Å²) in [6, 6.07) is 4.33. The van der Waals surface area contributed by atoms with Crippen molar-refractivity contribution in [1.29, 1.82) is 0 Å². The van der Waals surface area contributed by atoms with Crippen molar-refractivity contribution in [3.63, 3.8) is 0 Å². The van der Waals surface area contributed by atoms with E-state index in [0.717, 1.165) is 24.5 Å². The molecule has 2 fully saturated rings. The number of carbonyl (C=O) groups is 1. The van der Waals surface area contributed by atoms with Gasteiger partial charge in [0.2, 0.25) is 0 Å². The molecule has 0 bridgehead atoms. The molecular weight excluding hydrogens is 347 g/mol. The maximum absolute atomic E-state index is 13.5. The molecule has 1 N–H and O–H groups in total. The van der Waals surface area contributed by atoms with Crippen LogP contribution >= 0.6 is 0 Å². The van der Waals surface area contributed by atoms with Gasteiger partial charge in [-0.2, -0.15) is 5.10 Å². The van der Waals surface area contributed by atoms with Crippen LogP contribution in [0.4, 0.5) is 4.39 Å². The molecule has 6 nitrogen and oxygen atoms in total. The van der Waals surface area contributed by atoms with E-state index in [1.165, 1.54) is 25.0 Å². The van der Waals surface area contributed by atoms with E-state index in [2.05, 4.69) is 15.2 Å². The first-order valence-corrected chi connectivity index (χ1v) is 9.50. The van der Waals surface area contributed by atoms with Gasteiger partial charge in [-0.3, -0.25) is 9.89 Å². The van der Waals surface area contributed by atoms with Crippen LogP contribution in [0.25, 0.3) is 11.0 Å². The summed E-state index contributed by atoms with van der Waals surface area (Å²) in [5, 5.41) is 8.09. The van der Waals surface area contributed by atoms with E-state index >= 15 is 0 Å². The summed E-state index contributed by atoms with van der Waals surface area (Å²) in [6.07, 6.45) is 4.22. The molecule has 1 atom stereocenters. The van der Waals surface area contributed by atoms with Crippen LogP contribution in [-0.4, -0.2) is 39.1 Å². The fourth-order valence-electron chi connectivity index (χ4n) is 3.92. The van der Waals surface area contributed by atoms with Gasteiger partial charge < -0.3 is 9.32 Å². The number of H-pyrrole nitrogens is 1. The number of hydrogen-bond acceptors (Lipinski definition) is 4. The second-order valence-electron chi connectivity index (χ2n) is 7.64. The molecule has 1 aromatic carbocycles. The Balaban J connectivity index is 1.38. The molecule has 5 rings (SSSR count). The first kappa shape index (κ1) is 16.5. The van der Waals surface area contributed by atoms with Crippen molar-refractivity contribution in [3.8, 4) is 0 Å². The highest BCUT2D eigenvalue weighted by atomic mass is 19.1. The van der Waals surface area contributed by atoms with E-state index < -0.39 is 0 Å². The Labute approximate surface area is 155 Å². The molecule has 7 heteroatoms. The fourth-order valence-corrected chi connectivity index (χ4v) is 3.92. The Morgan fingerprint density at radius 2 is 2.15 bits per heavy atom. The summed E-state index contributed by atoms with van der Waals surface area (Å²) in [7, 11) is 0. The Morgan fingerprint density at radius 3 is 2.96 bits per heavy atom. The third-order valence-corrected chi connectivity index (χ3v) is 5.65. The van der Waals surface area contributed by atoms with Gasteiger partial charge in [0.05, 0.1) is 0 Å². The Bertz CT molecular complexity index is 1020. The number of fused-ring (bicyclic) bond motifs is 1.